The van der Waals surface area contributed by atoms with Gasteiger partial charge in [-0.25, -0.2) is 4.98 Å². The van der Waals surface area contributed by atoms with E-state index in [1.54, 1.807) is 20.4 Å². The van der Waals surface area contributed by atoms with Gasteiger partial charge in [0.05, 0.1) is 37.2 Å². The van der Waals surface area contributed by atoms with Gasteiger partial charge in [-0.15, -0.1) is 0 Å². The first-order valence-electron chi connectivity index (χ1n) is 7.18. The highest BCUT2D eigenvalue weighted by Gasteiger charge is 2.14. The van der Waals surface area contributed by atoms with E-state index in [0.29, 0.717) is 16.8 Å². The van der Waals surface area contributed by atoms with Gasteiger partial charge in [0.15, 0.2) is 5.65 Å². The van der Waals surface area contributed by atoms with Crippen molar-refractivity contribution in [2.45, 2.75) is 0 Å². The number of ether oxygens (including phenoxy) is 2. The van der Waals surface area contributed by atoms with Gasteiger partial charge in [-0.05, 0) is 18.2 Å². The summed E-state index contributed by atoms with van der Waals surface area (Å²) in [4.78, 5) is 14.3. The number of anilines is 4. The zero-order chi connectivity index (χ0) is 17.3. The highest BCUT2D eigenvalue weighted by Crippen LogP contribution is 2.36. The van der Waals surface area contributed by atoms with Crippen molar-refractivity contribution in [3.05, 3.63) is 30.5 Å². The monoisotopic (exact) mass is 326 g/mol. The summed E-state index contributed by atoms with van der Waals surface area (Å²) in [7, 11) is 5.13. The molecule has 8 nitrogen and oxygen atoms in total. The molecule has 3 rings (SSSR count). The van der Waals surface area contributed by atoms with Gasteiger partial charge in [-0.3, -0.25) is 0 Å². The van der Waals surface area contributed by atoms with Crippen molar-refractivity contribution in [3.63, 3.8) is 0 Å². The maximum Gasteiger partial charge on any atom is 0.224 e. The van der Waals surface area contributed by atoms with E-state index in [4.69, 9.17) is 20.9 Å². The van der Waals surface area contributed by atoms with E-state index in [-0.39, 0.29) is 11.8 Å². The molecule has 0 amide bonds. The lowest BCUT2D eigenvalue weighted by Crippen LogP contribution is -2.12. The van der Waals surface area contributed by atoms with Crippen LogP contribution in [0.5, 0.6) is 11.5 Å². The van der Waals surface area contributed by atoms with Crippen molar-refractivity contribution in [2.24, 2.45) is 0 Å². The third-order valence-corrected chi connectivity index (χ3v) is 3.72. The fourth-order valence-electron chi connectivity index (χ4n) is 2.42. The summed E-state index contributed by atoms with van der Waals surface area (Å²) < 4.78 is 10.7. The molecule has 3 aromatic rings. The van der Waals surface area contributed by atoms with Crippen molar-refractivity contribution < 1.29 is 9.47 Å². The van der Waals surface area contributed by atoms with Crippen LogP contribution in [0, 0.1) is 0 Å². The Labute approximate surface area is 139 Å². The highest BCUT2D eigenvalue weighted by molar-refractivity contribution is 5.89. The molecule has 0 radical (unpaired) electrons. The maximum atomic E-state index is 5.93. The summed E-state index contributed by atoms with van der Waals surface area (Å²) >= 11 is 0. The summed E-state index contributed by atoms with van der Waals surface area (Å²) in [6, 6.07) is 7.42. The van der Waals surface area contributed by atoms with Crippen LogP contribution in [-0.2, 0) is 0 Å². The second-order valence-corrected chi connectivity index (χ2v) is 5.13. The number of nitrogens with zero attached hydrogens (tertiary/aromatic N) is 4. The van der Waals surface area contributed by atoms with Crippen LogP contribution in [-0.4, -0.2) is 36.2 Å². The molecule has 0 spiro atoms. The highest BCUT2D eigenvalue weighted by atomic mass is 16.5. The average Bonchev–Trinajstić information content (AvgIpc) is 2.60. The lowest BCUT2D eigenvalue weighted by molar-refractivity contribution is 0.404. The fraction of sp³-hybridized carbons (Fsp3) is 0.188. The maximum absolute atomic E-state index is 5.93. The first kappa shape index (κ1) is 15.6. The number of hydrogen-bond acceptors (Lipinski definition) is 8. The summed E-state index contributed by atoms with van der Waals surface area (Å²) in [5, 5.41) is 0.635. The summed E-state index contributed by atoms with van der Waals surface area (Å²) in [5.74, 6) is 1.82. The van der Waals surface area contributed by atoms with Gasteiger partial charge in [-0.1, -0.05) is 0 Å². The standard InChI is InChI=1S/C16H18N6O2/c1-22(12-7-10(23-2)4-5-13(12)24-3)9-6-11-14(17)20-16(18)21-15(11)19-8-9/h4-8H,1-3H3,(H4,17,18,19,20,21). The molecule has 0 saturated heterocycles. The number of nitrogens with two attached hydrogens (primary N) is 2. The van der Waals surface area contributed by atoms with Crippen LogP contribution in [0.3, 0.4) is 0 Å². The van der Waals surface area contributed by atoms with Crippen LogP contribution in [0.25, 0.3) is 11.0 Å². The molecule has 0 aliphatic heterocycles. The van der Waals surface area contributed by atoms with Crippen molar-refractivity contribution in [2.75, 3.05) is 37.6 Å². The molecule has 0 aliphatic carbocycles. The van der Waals surface area contributed by atoms with Gasteiger partial charge in [0.2, 0.25) is 5.95 Å². The second kappa shape index (κ2) is 6.07. The molecule has 0 atom stereocenters. The molecule has 0 saturated carbocycles. The van der Waals surface area contributed by atoms with Crippen LogP contribution in [0.1, 0.15) is 0 Å². The third kappa shape index (κ3) is 2.69. The largest absolute Gasteiger partial charge is 0.497 e. The predicted molar refractivity (Wildman–Crippen MR) is 93.8 cm³/mol. The lowest BCUT2D eigenvalue weighted by atomic mass is 10.2. The van der Waals surface area contributed by atoms with Gasteiger partial charge < -0.3 is 25.8 Å². The van der Waals surface area contributed by atoms with Crippen LogP contribution in [0.2, 0.25) is 0 Å². The van der Waals surface area contributed by atoms with Crippen molar-refractivity contribution in [3.8, 4) is 11.5 Å². The van der Waals surface area contributed by atoms with E-state index in [1.165, 1.54) is 0 Å². The minimum Gasteiger partial charge on any atom is -0.497 e. The van der Waals surface area contributed by atoms with Crippen molar-refractivity contribution >= 4 is 34.2 Å². The SMILES string of the molecule is COc1ccc(OC)c(N(C)c2cnc3nc(N)nc(N)c3c2)c1. The Bertz CT molecular complexity index is 899. The van der Waals surface area contributed by atoms with Crippen LogP contribution < -0.4 is 25.8 Å². The molecule has 1 aromatic carbocycles. The van der Waals surface area contributed by atoms with Gasteiger partial charge in [0.25, 0.3) is 0 Å². The smallest absolute Gasteiger partial charge is 0.224 e. The van der Waals surface area contributed by atoms with Crippen LogP contribution >= 0.6 is 0 Å². The van der Waals surface area contributed by atoms with Crippen molar-refractivity contribution in [1.29, 1.82) is 0 Å². The number of methoxy groups -OCH3 is 2. The molecule has 0 fully saturated rings. The van der Waals surface area contributed by atoms with Crippen LogP contribution in [0.15, 0.2) is 30.5 Å². The zero-order valence-corrected chi connectivity index (χ0v) is 13.6. The fourth-order valence-corrected chi connectivity index (χ4v) is 2.42. The molecule has 24 heavy (non-hydrogen) atoms. The van der Waals surface area contributed by atoms with E-state index in [1.807, 2.05) is 36.2 Å². The topological polar surface area (TPSA) is 112 Å². The van der Waals surface area contributed by atoms with E-state index < -0.39 is 0 Å². The molecule has 4 N–H and O–H groups in total. The Hall–Kier alpha value is -3.29. The first-order valence-corrected chi connectivity index (χ1v) is 7.18. The molecule has 0 aliphatic rings. The van der Waals surface area contributed by atoms with Crippen LogP contribution in [0.4, 0.5) is 23.1 Å². The lowest BCUT2D eigenvalue weighted by Gasteiger charge is -2.22. The number of aromatic nitrogens is 3. The Morgan fingerprint density at radius 3 is 2.54 bits per heavy atom. The molecular weight excluding hydrogens is 308 g/mol. The molecular formula is C16H18N6O2. The predicted octanol–water partition coefficient (Wildman–Crippen LogP) is 1.97. The Balaban J connectivity index is 2.10. The quantitative estimate of drug-likeness (QED) is 0.748. The molecule has 2 aromatic heterocycles. The van der Waals surface area contributed by atoms with E-state index >= 15 is 0 Å². The van der Waals surface area contributed by atoms with Gasteiger partial charge in [-0.2, -0.15) is 9.97 Å². The first-order chi connectivity index (χ1) is 11.5. The molecule has 0 unspecified atom stereocenters. The number of pyridine rings is 1. The minimum absolute atomic E-state index is 0.100. The normalized spacial score (nSPS) is 10.6. The van der Waals surface area contributed by atoms with Gasteiger partial charge >= 0.3 is 0 Å². The van der Waals surface area contributed by atoms with Gasteiger partial charge in [0, 0.05) is 13.1 Å². The van der Waals surface area contributed by atoms with Crippen molar-refractivity contribution in [1.82, 2.24) is 15.0 Å². The summed E-state index contributed by atoms with van der Waals surface area (Å²) in [6.07, 6.45) is 1.69. The molecule has 8 heteroatoms. The number of nitrogen functional groups attached to an aromatic ring is 2. The number of hydrogen-bond donors (Lipinski definition) is 2. The second-order valence-electron chi connectivity index (χ2n) is 5.13. The third-order valence-electron chi connectivity index (χ3n) is 3.72. The minimum atomic E-state index is 0.100. The molecule has 2 heterocycles. The number of fused-ring (bicyclic) bond motifs is 1. The zero-order valence-electron chi connectivity index (χ0n) is 13.6. The Morgan fingerprint density at radius 1 is 1.04 bits per heavy atom. The van der Waals surface area contributed by atoms with E-state index in [9.17, 15) is 0 Å². The Morgan fingerprint density at radius 2 is 1.83 bits per heavy atom. The molecule has 0 bridgehead atoms. The number of benzene rings is 1. The Kier molecular flexibility index (Phi) is 3.95. The summed E-state index contributed by atoms with van der Waals surface area (Å²) in [6.45, 7) is 0. The number of rotatable bonds is 4. The molecule has 124 valence electrons. The van der Waals surface area contributed by atoms with Gasteiger partial charge in [0.1, 0.15) is 17.3 Å². The van der Waals surface area contributed by atoms with E-state index in [2.05, 4.69) is 15.0 Å². The summed E-state index contributed by atoms with van der Waals surface area (Å²) in [5.41, 5.74) is 13.6. The average molecular weight is 326 g/mol. The van der Waals surface area contributed by atoms with E-state index in [0.717, 1.165) is 17.1 Å².